The summed E-state index contributed by atoms with van der Waals surface area (Å²) in [6.07, 6.45) is 1.96. The van der Waals surface area contributed by atoms with Crippen LogP contribution in [0.3, 0.4) is 0 Å². The fraction of sp³-hybridized carbons (Fsp3) is 1.00. The standard InChI is InChI=1S/CH3B2IS/c1-5(2)3-4/h1H3. The summed E-state index contributed by atoms with van der Waals surface area (Å²) in [5, 5.41) is 0. The molecule has 0 bridgehead atoms. The molecule has 0 N–H and O–H groups in total. The molecule has 0 aromatic carbocycles. The van der Waals surface area contributed by atoms with Crippen LogP contribution in [0.5, 0.6) is 0 Å². The van der Waals surface area contributed by atoms with Crippen molar-refractivity contribution >= 4 is 42.5 Å². The molecular weight excluding hydrogens is 193 g/mol. The van der Waals surface area contributed by atoms with E-state index in [0.717, 1.165) is 0 Å². The molecule has 0 fully saturated rings. The van der Waals surface area contributed by atoms with Crippen molar-refractivity contribution in [1.82, 2.24) is 0 Å². The molecule has 0 saturated heterocycles. The average molecular weight is 196 g/mol. The van der Waals surface area contributed by atoms with Gasteiger partial charge in [-0.25, -0.2) is 0 Å². The topological polar surface area (TPSA) is 0 Å². The third-order valence-corrected chi connectivity index (χ3v) is 2.83. The molecule has 0 spiro atoms. The van der Waals surface area contributed by atoms with E-state index < -0.39 is 0 Å². The van der Waals surface area contributed by atoms with Gasteiger partial charge in [-0.3, -0.25) is 0 Å². The Bertz CT molecular complexity index is 120. The first-order valence-corrected chi connectivity index (χ1v) is 4.10. The molecule has 0 unspecified atom stereocenters. The van der Waals surface area contributed by atoms with Crippen LogP contribution in [0.1, 0.15) is 0 Å². The van der Waals surface area contributed by atoms with Crippen molar-refractivity contribution in [3.63, 3.8) is 0 Å². The Morgan fingerprint density at radius 3 is 2.20 bits per heavy atom. The molecule has 0 heterocycles. The van der Waals surface area contributed by atoms with Crippen molar-refractivity contribution in [2.24, 2.45) is 0 Å². The quantitative estimate of drug-likeness (QED) is 0.399. The number of hydrogen-bond donors (Lipinski definition) is 0. The van der Waals surface area contributed by atoms with Gasteiger partial charge in [0.15, 0.2) is 0 Å². The summed E-state index contributed by atoms with van der Waals surface area (Å²) < 4.78 is 1.94. The van der Waals surface area contributed by atoms with E-state index in [1.54, 1.807) is 0 Å². The summed E-state index contributed by atoms with van der Waals surface area (Å²) in [5.41, 5.74) is 0. The molecule has 0 amide bonds. The Morgan fingerprint density at radius 1 is 2.00 bits per heavy atom. The van der Waals surface area contributed by atoms with Gasteiger partial charge in [0, 0.05) is 0 Å². The zero-order valence-electron chi connectivity index (χ0n) is 2.94. The van der Waals surface area contributed by atoms with Gasteiger partial charge >= 0.3 is 48.7 Å². The second-order valence-electron chi connectivity index (χ2n) is 0.697. The van der Waals surface area contributed by atoms with E-state index in [4.69, 9.17) is 6.53 Å². The maximum atomic E-state index is 5.26. The van der Waals surface area contributed by atoms with E-state index in [1.807, 2.05) is 10.3 Å². The Labute approximate surface area is 48.7 Å². The minimum atomic E-state index is 0.0391. The van der Waals surface area contributed by atoms with Gasteiger partial charge in [-0.2, -0.15) is 0 Å². The number of hydrogen-bond acceptors (Lipinski definition) is 0. The fourth-order valence-electron chi connectivity index (χ4n) is 0. The first kappa shape index (κ1) is 6.08. The fourth-order valence-corrected chi connectivity index (χ4v) is 0. The molecule has 0 aliphatic heterocycles. The third-order valence-electron chi connectivity index (χ3n) is 0.141. The van der Waals surface area contributed by atoms with Crippen molar-refractivity contribution in [3.8, 4) is 0 Å². The molecule has 0 atom stereocenters. The van der Waals surface area contributed by atoms with E-state index in [2.05, 4.69) is 22.4 Å². The van der Waals surface area contributed by atoms with Crippen LogP contribution in [0.25, 0.3) is 0 Å². The van der Waals surface area contributed by atoms with Gasteiger partial charge in [0.05, 0.1) is 0 Å². The van der Waals surface area contributed by atoms with E-state index in [-0.39, 0.29) is 9.56 Å². The van der Waals surface area contributed by atoms with Gasteiger partial charge < -0.3 is 0 Å². The molecule has 0 nitrogen and oxygen atoms in total. The monoisotopic (exact) mass is 196 g/mol. The first-order valence-electron chi connectivity index (χ1n) is 1.10. The summed E-state index contributed by atoms with van der Waals surface area (Å²) in [5.74, 6) is 0. The third kappa shape index (κ3) is 5.08. The molecular formula is CH3B2IS. The van der Waals surface area contributed by atoms with Gasteiger partial charge in [0.2, 0.25) is 0 Å². The van der Waals surface area contributed by atoms with Crippen molar-refractivity contribution in [1.29, 1.82) is 0 Å². The van der Waals surface area contributed by atoms with Gasteiger partial charge in [0.25, 0.3) is 0 Å². The molecule has 0 saturated carbocycles. The van der Waals surface area contributed by atoms with Crippen LogP contribution in [0, 0.1) is 0 Å². The molecule has 0 aliphatic carbocycles. The summed E-state index contributed by atoms with van der Waals surface area (Å²) in [4.78, 5) is 0. The van der Waals surface area contributed by atoms with Crippen LogP contribution in [-0.4, -0.2) is 16.8 Å². The Kier molecular flexibility index (Phi) is 3.98. The van der Waals surface area contributed by atoms with Gasteiger partial charge in [0.1, 0.15) is 0 Å². The number of halogens is 1. The van der Waals surface area contributed by atoms with E-state index >= 15 is 0 Å². The Balaban J connectivity index is 3.82. The normalized spacial score (nSPS) is 10.8. The van der Waals surface area contributed by atoms with E-state index in [9.17, 15) is 0 Å². The van der Waals surface area contributed by atoms with Crippen LogP contribution in [0.2, 0.25) is 0 Å². The zero-order valence-corrected chi connectivity index (χ0v) is 5.91. The summed E-state index contributed by atoms with van der Waals surface area (Å²) in [6, 6.07) is 0. The van der Waals surface area contributed by atoms with E-state index in [0.29, 0.717) is 0 Å². The Hall–Kier alpha value is 1.08. The average Bonchev–Trinajstić information content (AvgIpc) is 1.38. The minimum absolute atomic E-state index is 0.0391. The molecule has 0 aromatic rings. The van der Waals surface area contributed by atoms with Crippen LogP contribution in [-0.2, 0) is 0 Å². The summed E-state index contributed by atoms with van der Waals surface area (Å²) in [6.45, 7) is 5.26. The second-order valence-corrected chi connectivity index (χ2v) is 3.62. The Morgan fingerprint density at radius 2 is 2.20 bits per heavy atom. The molecule has 4 heteroatoms. The molecule has 0 radical (unpaired) electrons. The SMILES string of the molecule is B#S(C)=BI. The van der Waals surface area contributed by atoms with Crippen molar-refractivity contribution in [2.75, 3.05) is 6.26 Å². The van der Waals surface area contributed by atoms with E-state index in [1.165, 1.54) is 0 Å². The van der Waals surface area contributed by atoms with Crippen molar-refractivity contribution in [3.05, 3.63) is 0 Å². The molecule has 26 valence electrons. The van der Waals surface area contributed by atoms with Crippen LogP contribution >= 0.6 is 31.9 Å². The molecule has 0 aliphatic rings. The molecule has 5 heavy (non-hydrogen) atoms. The van der Waals surface area contributed by atoms with Crippen LogP contribution in [0.4, 0.5) is 0 Å². The van der Waals surface area contributed by atoms with Crippen molar-refractivity contribution in [2.45, 2.75) is 0 Å². The van der Waals surface area contributed by atoms with Crippen LogP contribution in [0.15, 0.2) is 0 Å². The second kappa shape index (κ2) is 3.28. The van der Waals surface area contributed by atoms with Crippen LogP contribution < -0.4 is 0 Å². The first-order chi connectivity index (χ1) is 2.27. The number of rotatable bonds is 0. The predicted molar refractivity (Wildman–Crippen MR) is 39.0 cm³/mol. The summed E-state index contributed by atoms with van der Waals surface area (Å²) in [7, 11) is 0.0391. The molecule has 0 rings (SSSR count). The van der Waals surface area contributed by atoms with Crippen molar-refractivity contribution < 1.29 is 0 Å². The predicted octanol–water partition coefficient (Wildman–Crippen LogP) is 0.938. The van der Waals surface area contributed by atoms with Gasteiger partial charge in [-0.15, -0.1) is 0 Å². The zero-order chi connectivity index (χ0) is 4.28. The van der Waals surface area contributed by atoms with Gasteiger partial charge in [-0.1, -0.05) is 0 Å². The molecule has 0 aromatic heterocycles. The summed E-state index contributed by atoms with van der Waals surface area (Å²) >= 11 is 2.14. The maximum absolute atomic E-state index is 5.26. The van der Waals surface area contributed by atoms with Gasteiger partial charge in [-0.05, 0) is 0 Å².